The summed E-state index contributed by atoms with van der Waals surface area (Å²) in [4.78, 5) is 18.6. The minimum atomic E-state index is -0.204. The zero-order chi connectivity index (χ0) is 28.5. The lowest BCUT2D eigenvalue weighted by molar-refractivity contribution is 0.288. The van der Waals surface area contributed by atoms with E-state index in [1.807, 2.05) is 90.6 Å². The monoisotopic (exact) mass is 625 g/mol. The lowest BCUT2D eigenvalue weighted by Crippen LogP contribution is -2.23. The minimum absolute atomic E-state index is 0.204. The van der Waals surface area contributed by atoms with Crippen LogP contribution in [0.25, 0.3) is 39.4 Å². The van der Waals surface area contributed by atoms with Crippen LogP contribution in [0.5, 0.6) is 5.75 Å². The smallest absolute Gasteiger partial charge is 0.291 e. The fourth-order valence-corrected chi connectivity index (χ4v) is 5.65. The second kappa shape index (κ2) is 11.4. The highest BCUT2D eigenvalue weighted by Crippen LogP contribution is 2.29. The van der Waals surface area contributed by atoms with Gasteiger partial charge in [-0.1, -0.05) is 71.4 Å². The number of ether oxygens (including phenoxy) is 1. The van der Waals surface area contributed by atoms with Crippen LogP contribution in [-0.2, 0) is 0 Å². The van der Waals surface area contributed by atoms with Crippen molar-refractivity contribution in [2.75, 3.05) is 6.61 Å². The molecule has 0 bridgehead atoms. The van der Waals surface area contributed by atoms with Crippen LogP contribution < -0.4 is 14.8 Å². The van der Waals surface area contributed by atoms with Crippen LogP contribution in [0.4, 0.5) is 0 Å². The molecule has 0 N–H and O–H groups in total. The first-order valence-corrected chi connectivity index (χ1v) is 15.0. The Labute approximate surface area is 249 Å². The molecule has 0 fully saturated rings. The van der Waals surface area contributed by atoms with Crippen molar-refractivity contribution in [2.45, 2.75) is 27.2 Å². The van der Waals surface area contributed by atoms with Crippen LogP contribution in [0.15, 0.2) is 88.3 Å². The molecule has 0 radical (unpaired) electrons. The molecule has 0 saturated carbocycles. The second-order valence-corrected chi connectivity index (χ2v) is 12.2. The number of thiazole rings is 1. The van der Waals surface area contributed by atoms with Gasteiger partial charge in [0.2, 0.25) is 4.96 Å². The van der Waals surface area contributed by atoms with E-state index in [0.29, 0.717) is 27.8 Å². The van der Waals surface area contributed by atoms with Gasteiger partial charge in [-0.25, -0.2) is 4.68 Å². The molecule has 0 atom stereocenters. The van der Waals surface area contributed by atoms with E-state index in [4.69, 9.17) is 9.84 Å². The first-order valence-electron chi connectivity index (χ1n) is 13.4. The number of hydrogen-bond acceptors (Lipinski definition) is 6. The average Bonchev–Trinajstić information content (AvgIpc) is 3.65. The van der Waals surface area contributed by atoms with E-state index >= 15 is 0 Å². The second-order valence-electron chi connectivity index (χ2n) is 10.3. The van der Waals surface area contributed by atoms with Gasteiger partial charge in [0, 0.05) is 27.4 Å². The molecule has 3 aromatic heterocycles. The highest BCUT2D eigenvalue weighted by Gasteiger charge is 2.16. The molecule has 0 saturated heterocycles. The van der Waals surface area contributed by atoms with Gasteiger partial charge in [-0.05, 0) is 73.4 Å². The molecule has 0 aliphatic rings. The van der Waals surface area contributed by atoms with Crippen molar-refractivity contribution in [3.8, 4) is 34.1 Å². The molecule has 0 unspecified atom stereocenters. The molecule has 41 heavy (non-hydrogen) atoms. The van der Waals surface area contributed by atoms with Crippen molar-refractivity contribution in [1.82, 2.24) is 24.4 Å². The summed E-state index contributed by atoms with van der Waals surface area (Å²) in [7, 11) is 0. The van der Waals surface area contributed by atoms with Gasteiger partial charge < -0.3 is 4.74 Å². The van der Waals surface area contributed by atoms with Gasteiger partial charge in [-0.15, -0.1) is 5.10 Å². The van der Waals surface area contributed by atoms with Crippen LogP contribution in [-0.4, -0.2) is 31.0 Å². The highest BCUT2D eigenvalue weighted by molar-refractivity contribution is 9.10. The number of aromatic nitrogens is 5. The van der Waals surface area contributed by atoms with Gasteiger partial charge in [0.05, 0.1) is 16.8 Å². The normalized spacial score (nSPS) is 12.1. The maximum absolute atomic E-state index is 13.4. The average molecular weight is 627 g/mol. The Kier molecular flexibility index (Phi) is 7.55. The third kappa shape index (κ3) is 5.73. The molecule has 7 nitrogen and oxygen atoms in total. The van der Waals surface area contributed by atoms with Gasteiger partial charge in [0.25, 0.3) is 5.56 Å². The van der Waals surface area contributed by atoms with E-state index < -0.39 is 0 Å². The molecule has 0 amide bonds. The van der Waals surface area contributed by atoms with Crippen molar-refractivity contribution in [1.29, 1.82) is 0 Å². The zero-order valence-electron chi connectivity index (χ0n) is 22.9. The van der Waals surface area contributed by atoms with Crippen LogP contribution >= 0.6 is 27.3 Å². The van der Waals surface area contributed by atoms with E-state index in [2.05, 4.69) is 45.9 Å². The SMILES string of the molecule is Cc1cc(-c2nn(-c3ccccc3)cc2C=c2sc3nc(-c4ccc(Br)cc4)nn3c2=O)ccc1OCCC(C)C. The van der Waals surface area contributed by atoms with Crippen LogP contribution in [0, 0.1) is 12.8 Å². The summed E-state index contributed by atoms with van der Waals surface area (Å²) in [6.07, 6.45) is 4.84. The number of hydrogen-bond donors (Lipinski definition) is 0. The summed E-state index contributed by atoms with van der Waals surface area (Å²) in [5, 5.41) is 9.44. The number of fused-ring (bicyclic) bond motifs is 1. The molecule has 0 spiro atoms. The van der Waals surface area contributed by atoms with Gasteiger partial charge in [0.15, 0.2) is 5.82 Å². The first kappa shape index (κ1) is 27.1. The Morgan fingerprint density at radius 1 is 1.00 bits per heavy atom. The third-order valence-electron chi connectivity index (χ3n) is 6.74. The van der Waals surface area contributed by atoms with Gasteiger partial charge in [-0.3, -0.25) is 4.79 Å². The van der Waals surface area contributed by atoms with Crippen LogP contribution in [0.2, 0.25) is 0 Å². The highest BCUT2D eigenvalue weighted by atomic mass is 79.9. The topological polar surface area (TPSA) is 74.3 Å². The number of para-hydroxylation sites is 1. The maximum Gasteiger partial charge on any atom is 0.291 e. The zero-order valence-corrected chi connectivity index (χ0v) is 25.3. The van der Waals surface area contributed by atoms with Gasteiger partial charge in [0.1, 0.15) is 11.4 Å². The minimum Gasteiger partial charge on any atom is -0.493 e. The summed E-state index contributed by atoms with van der Waals surface area (Å²) in [6.45, 7) is 7.11. The molecule has 206 valence electrons. The molecule has 9 heteroatoms. The third-order valence-corrected chi connectivity index (χ3v) is 8.22. The molecule has 3 heterocycles. The summed E-state index contributed by atoms with van der Waals surface area (Å²) < 4.78 is 10.8. The summed E-state index contributed by atoms with van der Waals surface area (Å²) in [6, 6.07) is 23.8. The van der Waals surface area contributed by atoms with E-state index in [-0.39, 0.29) is 5.56 Å². The molecule has 0 aliphatic carbocycles. The van der Waals surface area contributed by atoms with Crippen LogP contribution in [0.1, 0.15) is 31.4 Å². The standard InChI is InChI=1S/C32H28BrN5O2S/c1-20(2)15-16-40-27-14-11-23(17-21(27)3)29-24(19-37(35-29)26-7-5-4-6-8-26)18-28-31(39)38-32(41-28)34-30(36-38)22-9-12-25(33)13-10-22/h4-14,17-20H,15-16H2,1-3H3. The Balaban J connectivity index is 1.41. The summed E-state index contributed by atoms with van der Waals surface area (Å²) >= 11 is 4.77. The number of nitrogens with zero attached hydrogens (tertiary/aromatic N) is 5. The molecule has 6 aromatic rings. The van der Waals surface area contributed by atoms with Gasteiger partial charge in [-0.2, -0.15) is 14.6 Å². The Morgan fingerprint density at radius 2 is 1.76 bits per heavy atom. The fourth-order valence-electron chi connectivity index (χ4n) is 4.49. The molecular formula is C32H28BrN5O2S. The molecule has 6 rings (SSSR count). The van der Waals surface area contributed by atoms with E-state index in [9.17, 15) is 4.79 Å². The van der Waals surface area contributed by atoms with E-state index in [0.717, 1.165) is 50.3 Å². The lowest BCUT2D eigenvalue weighted by Gasteiger charge is -2.11. The van der Waals surface area contributed by atoms with Crippen molar-refractivity contribution in [3.63, 3.8) is 0 Å². The summed E-state index contributed by atoms with van der Waals surface area (Å²) in [5.41, 5.74) is 5.18. The maximum atomic E-state index is 13.4. The molecule has 3 aromatic carbocycles. The Hall–Kier alpha value is -4.08. The fraction of sp³-hybridized carbons (Fsp3) is 0.188. The number of benzene rings is 3. The molecule has 0 aliphatic heterocycles. The van der Waals surface area contributed by atoms with Gasteiger partial charge >= 0.3 is 0 Å². The van der Waals surface area contributed by atoms with Crippen molar-refractivity contribution in [2.24, 2.45) is 5.92 Å². The Morgan fingerprint density at radius 3 is 2.46 bits per heavy atom. The number of aryl methyl sites for hydroxylation is 1. The van der Waals surface area contributed by atoms with Crippen LogP contribution in [0.3, 0.4) is 0 Å². The first-order chi connectivity index (χ1) is 19.9. The summed E-state index contributed by atoms with van der Waals surface area (Å²) in [5.74, 6) is 1.98. The largest absolute Gasteiger partial charge is 0.493 e. The number of halogens is 1. The predicted octanol–water partition coefficient (Wildman–Crippen LogP) is 6.71. The number of rotatable bonds is 8. The Bertz CT molecular complexity index is 1940. The van der Waals surface area contributed by atoms with Crippen molar-refractivity contribution in [3.05, 3.63) is 109 Å². The lowest BCUT2D eigenvalue weighted by atomic mass is 10.0. The van der Waals surface area contributed by atoms with E-state index in [1.165, 1.54) is 15.9 Å². The van der Waals surface area contributed by atoms with E-state index in [1.54, 1.807) is 0 Å². The molecular weight excluding hydrogens is 598 g/mol. The predicted molar refractivity (Wildman–Crippen MR) is 168 cm³/mol. The van der Waals surface area contributed by atoms with Crippen molar-refractivity contribution < 1.29 is 4.74 Å². The van der Waals surface area contributed by atoms with Crippen molar-refractivity contribution >= 4 is 38.3 Å². The quantitative estimate of drug-likeness (QED) is 0.188.